The van der Waals surface area contributed by atoms with E-state index in [-0.39, 0.29) is 5.82 Å². The summed E-state index contributed by atoms with van der Waals surface area (Å²) in [6.07, 6.45) is 2.92. The van der Waals surface area contributed by atoms with Crippen molar-refractivity contribution >= 4 is 23.7 Å². The van der Waals surface area contributed by atoms with Gasteiger partial charge in [0.25, 0.3) is 0 Å². The van der Waals surface area contributed by atoms with E-state index in [0.29, 0.717) is 0 Å². The second-order valence-electron chi connectivity index (χ2n) is 4.29. The van der Waals surface area contributed by atoms with E-state index in [4.69, 9.17) is 0 Å². The third-order valence-electron chi connectivity index (χ3n) is 2.60. The number of hydrazone groups is 1. The van der Waals surface area contributed by atoms with Crippen molar-refractivity contribution in [1.82, 2.24) is 0 Å². The van der Waals surface area contributed by atoms with Gasteiger partial charge in [0.1, 0.15) is 5.82 Å². The molecular weight excluding hydrogens is 271 g/mol. The lowest BCUT2D eigenvalue weighted by Gasteiger charge is -2.01. The summed E-state index contributed by atoms with van der Waals surface area (Å²) in [4.78, 5) is 1.27. The van der Waals surface area contributed by atoms with Crippen molar-refractivity contribution in [3.8, 4) is 0 Å². The largest absolute Gasteiger partial charge is 0.279 e. The summed E-state index contributed by atoms with van der Waals surface area (Å²) in [6, 6.07) is 14.4. The average molecular weight is 288 g/mol. The van der Waals surface area contributed by atoms with Gasteiger partial charge in [-0.05, 0) is 54.1 Å². The summed E-state index contributed by atoms with van der Waals surface area (Å²) in [6.45, 7) is 2.18. The zero-order valence-corrected chi connectivity index (χ0v) is 12.2. The van der Waals surface area contributed by atoms with Crippen molar-refractivity contribution in [3.63, 3.8) is 0 Å². The molecule has 2 rings (SSSR count). The molecular formula is C16H17FN2S. The first-order valence-corrected chi connectivity index (χ1v) is 7.54. The summed E-state index contributed by atoms with van der Waals surface area (Å²) in [5, 5.41) is 4.13. The highest BCUT2D eigenvalue weighted by atomic mass is 32.2. The minimum Gasteiger partial charge on any atom is -0.279 e. The molecule has 20 heavy (non-hydrogen) atoms. The van der Waals surface area contributed by atoms with Gasteiger partial charge in [0.2, 0.25) is 0 Å². The number of anilines is 1. The van der Waals surface area contributed by atoms with E-state index in [1.165, 1.54) is 23.4 Å². The summed E-state index contributed by atoms with van der Waals surface area (Å²) in [7, 11) is 0. The Bertz CT molecular complexity index is 550. The summed E-state index contributed by atoms with van der Waals surface area (Å²) >= 11 is 1.86. The molecule has 0 spiro atoms. The minimum absolute atomic E-state index is 0.250. The van der Waals surface area contributed by atoms with Crippen molar-refractivity contribution < 1.29 is 4.39 Å². The van der Waals surface area contributed by atoms with Crippen LogP contribution in [-0.4, -0.2) is 12.0 Å². The maximum absolute atomic E-state index is 12.7. The van der Waals surface area contributed by atoms with Gasteiger partial charge in [-0.2, -0.15) is 5.10 Å². The molecule has 2 nitrogen and oxygen atoms in total. The van der Waals surface area contributed by atoms with Crippen LogP contribution in [0.4, 0.5) is 10.1 Å². The maximum atomic E-state index is 12.7. The van der Waals surface area contributed by atoms with Gasteiger partial charge in [-0.1, -0.05) is 19.1 Å². The van der Waals surface area contributed by atoms with Gasteiger partial charge < -0.3 is 0 Å². The molecule has 2 aromatic carbocycles. The number of nitrogens with one attached hydrogen (secondary N) is 1. The Balaban J connectivity index is 1.89. The Labute approximate surface area is 123 Å². The minimum atomic E-state index is -0.250. The molecule has 104 valence electrons. The predicted molar refractivity (Wildman–Crippen MR) is 85.1 cm³/mol. The molecule has 0 heterocycles. The Hall–Kier alpha value is -1.81. The van der Waals surface area contributed by atoms with Crippen LogP contribution in [0.5, 0.6) is 0 Å². The summed E-state index contributed by atoms with van der Waals surface area (Å²) in [5.41, 5.74) is 4.66. The van der Waals surface area contributed by atoms with Crippen molar-refractivity contribution in [2.45, 2.75) is 18.2 Å². The molecule has 0 radical (unpaired) electrons. The molecule has 0 fully saturated rings. The van der Waals surface area contributed by atoms with E-state index in [1.54, 1.807) is 18.3 Å². The van der Waals surface area contributed by atoms with Crippen molar-refractivity contribution in [3.05, 3.63) is 59.9 Å². The van der Waals surface area contributed by atoms with Gasteiger partial charge in [-0.15, -0.1) is 11.8 Å². The van der Waals surface area contributed by atoms with Crippen LogP contribution in [-0.2, 0) is 0 Å². The van der Waals surface area contributed by atoms with Gasteiger partial charge in [0, 0.05) is 4.90 Å². The van der Waals surface area contributed by atoms with Crippen molar-refractivity contribution in [1.29, 1.82) is 0 Å². The predicted octanol–water partition coefficient (Wildman–Crippen LogP) is 4.77. The molecule has 4 heteroatoms. The smallest absolute Gasteiger partial charge is 0.123 e. The van der Waals surface area contributed by atoms with Gasteiger partial charge in [0.15, 0.2) is 0 Å². The van der Waals surface area contributed by atoms with Gasteiger partial charge in [-0.25, -0.2) is 4.39 Å². The number of hydrogen-bond acceptors (Lipinski definition) is 3. The highest BCUT2D eigenvalue weighted by Gasteiger charge is 1.94. The molecule has 0 aliphatic rings. The van der Waals surface area contributed by atoms with E-state index in [0.717, 1.165) is 17.0 Å². The lowest BCUT2D eigenvalue weighted by molar-refractivity contribution is 0.628. The third-order valence-corrected chi connectivity index (χ3v) is 3.82. The van der Waals surface area contributed by atoms with E-state index in [2.05, 4.69) is 29.6 Å². The molecule has 0 bridgehead atoms. The van der Waals surface area contributed by atoms with Gasteiger partial charge in [0.05, 0.1) is 11.9 Å². The van der Waals surface area contributed by atoms with Crippen LogP contribution in [0.2, 0.25) is 0 Å². The standard InChI is InChI=1S/C16H17FN2S/c1-2-11-20-16-9-3-13(4-10-16)12-18-19-15-7-5-14(17)6-8-15/h3-10,12,19H,2,11H2,1H3. The number of benzene rings is 2. The van der Waals surface area contributed by atoms with Gasteiger partial charge in [-0.3, -0.25) is 5.43 Å². The molecule has 0 amide bonds. The molecule has 2 aromatic rings. The average Bonchev–Trinajstić information content (AvgIpc) is 2.48. The second kappa shape index (κ2) is 7.70. The first-order valence-electron chi connectivity index (χ1n) is 6.55. The third kappa shape index (κ3) is 4.70. The molecule has 1 N–H and O–H groups in total. The monoisotopic (exact) mass is 288 g/mol. The van der Waals surface area contributed by atoms with Crippen LogP contribution in [0, 0.1) is 5.82 Å². The fraction of sp³-hybridized carbons (Fsp3) is 0.188. The fourth-order valence-corrected chi connectivity index (χ4v) is 2.34. The molecule has 0 unspecified atom stereocenters. The maximum Gasteiger partial charge on any atom is 0.123 e. The number of rotatable bonds is 6. The topological polar surface area (TPSA) is 24.4 Å². The van der Waals surface area contributed by atoms with E-state index in [1.807, 2.05) is 23.9 Å². The first-order chi connectivity index (χ1) is 9.78. The number of nitrogens with zero attached hydrogens (tertiary/aromatic N) is 1. The van der Waals surface area contributed by atoms with Crippen LogP contribution in [0.15, 0.2) is 58.5 Å². The highest BCUT2D eigenvalue weighted by Crippen LogP contribution is 2.18. The SMILES string of the molecule is CCCSc1ccc(C=NNc2ccc(F)cc2)cc1. The normalized spacial score (nSPS) is 10.9. The molecule has 0 saturated heterocycles. The Morgan fingerprint density at radius 3 is 2.45 bits per heavy atom. The first kappa shape index (κ1) is 14.6. The van der Waals surface area contributed by atoms with Crippen LogP contribution in [0.1, 0.15) is 18.9 Å². The molecule has 0 aliphatic carbocycles. The van der Waals surface area contributed by atoms with Gasteiger partial charge >= 0.3 is 0 Å². The Morgan fingerprint density at radius 2 is 1.80 bits per heavy atom. The van der Waals surface area contributed by atoms with Crippen molar-refractivity contribution in [2.75, 3.05) is 11.2 Å². The van der Waals surface area contributed by atoms with Crippen LogP contribution in [0.25, 0.3) is 0 Å². The Kier molecular flexibility index (Phi) is 5.62. The summed E-state index contributed by atoms with van der Waals surface area (Å²) in [5.74, 6) is 0.888. The molecule has 0 atom stereocenters. The second-order valence-corrected chi connectivity index (χ2v) is 5.46. The number of hydrogen-bond donors (Lipinski definition) is 1. The van der Waals surface area contributed by atoms with Crippen LogP contribution >= 0.6 is 11.8 Å². The quantitative estimate of drug-likeness (QED) is 0.470. The Morgan fingerprint density at radius 1 is 1.10 bits per heavy atom. The fourth-order valence-electron chi connectivity index (χ4n) is 1.58. The van der Waals surface area contributed by atoms with Crippen LogP contribution in [0.3, 0.4) is 0 Å². The molecule has 0 aromatic heterocycles. The number of halogens is 1. The highest BCUT2D eigenvalue weighted by molar-refractivity contribution is 7.99. The van der Waals surface area contributed by atoms with E-state index in [9.17, 15) is 4.39 Å². The summed E-state index contributed by atoms with van der Waals surface area (Å²) < 4.78 is 12.7. The van der Waals surface area contributed by atoms with E-state index < -0.39 is 0 Å². The van der Waals surface area contributed by atoms with E-state index >= 15 is 0 Å². The van der Waals surface area contributed by atoms with Crippen molar-refractivity contribution in [2.24, 2.45) is 5.10 Å². The zero-order valence-electron chi connectivity index (χ0n) is 11.3. The zero-order chi connectivity index (χ0) is 14.2. The molecule has 0 saturated carbocycles. The van der Waals surface area contributed by atoms with Crippen LogP contribution < -0.4 is 5.43 Å². The lowest BCUT2D eigenvalue weighted by Crippen LogP contribution is -1.90. The lowest BCUT2D eigenvalue weighted by atomic mass is 10.2. The molecule has 0 aliphatic heterocycles. The number of thioether (sulfide) groups is 1.